The molecule has 0 spiro atoms. The fourth-order valence-electron chi connectivity index (χ4n) is 2.04. The van der Waals surface area contributed by atoms with Gasteiger partial charge in [0, 0.05) is 6.20 Å². The molecule has 0 aliphatic rings. The standard InChI is InChI=1S/C13H16N2O2/c1-5-17-13(16)11-10(4)14-12-9(3)6-8(2)7-15(11)12/h6-7H,5H2,1-4H3. The topological polar surface area (TPSA) is 43.6 Å². The van der Waals surface area contributed by atoms with Gasteiger partial charge in [-0.05, 0) is 38.8 Å². The molecule has 90 valence electrons. The van der Waals surface area contributed by atoms with Gasteiger partial charge in [-0.25, -0.2) is 9.78 Å². The molecule has 0 aromatic carbocycles. The molecule has 17 heavy (non-hydrogen) atoms. The monoisotopic (exact) mass is 232 g/mol. The van der Waals surface area contributed by atoms with Crippen LogP contribution in [0.3, 0.4) is 0 Å². The number of hydrogen-bond donors (Lipinski definition) is 0. The summed E-state index contributed by atoms with van der Waals surface area (Å²) in [5.74, 6) is -0.317. The van der Waals surface area contributed by atoms with E-state index < -0.39 is 0 Å². The third-order valence-electron chi connectivity index (χ3n) is 2.68. The first-order chi connectivity index (χ1) is 8.04. The van der Waals surface area contributed by atoms with E-state index in [4.69, 9.17) is 4.74 Å². The first-order valence-corrected chi connectivity index (χ1v) is 5.67. The van der Waals surface area contributed by atoms with Crippen molar-refractivity contribution in [1.82, 2.24) is 9.38 Å². The number of aryl methyl sites for hydroxylation is 3. The summed E-state index contributed by atoms with van der Waals surface area (Å²) < 4.78 is 6.87. The molecule has 2 heterocycles. The maximum Gasteiger partial charge on any atom is 0.357 e. The number of carbonyl (C=O) groups is 1. The van der Waals surface area contributed by atoms with Gasteiger partial charge in [-0.2, -0.15) is 0 Å². The Labute approximate surface area is 100 Å². The molecule has 0 aliphatic carbocycles. The van der Waals surface area contributed by atoms with Crippen LogP contribution in [0.25, 0.3) is 5.65 Å². The van der Waals surface area contributed by atoms with E-state index in [9.17, 15) is 4.79 Å². The molecule has 4 heteroatoms. The highest BCUT2D eigenvalue weighted by Gasteiger charge is 2.18. The van der Waals surface area contributed by atoms with Gasteiger partial charge in [0.15, 0.2) is 5.69 Å². The minimum atomic E-state index is -0.317. The van der Waals surface area contributed by atoms with Crippen LogP contribution < -0.4 is 0 Å². The summed E-state index contributed by atoms with van der Waals surface area (Å²) in [6.45, 7) is 7.98. The average Bonchev–Trinajstić information content (AvgIpc) is 2.55. The van der Waals surface area contributed by atoms with Crippen molar-refractivity contribution in [2.24, 2.45) is 0 Å². The molecule has 0 aliphatic heterocycles. The smallest absolute Gasteiger partial charge is 0.357 e. The molecule has 4 nitrogen and oxygen atoms in total. The second-order valence-electron chi connectivity index (χ2n) is 4.16. The largest absolute Gasteiger partial charge is 0.461 e. The number of nitrogens with zero attached hydrogens (tertiary/aromatic N) is 2. The third-order valence-corrected chi connectivity index (χ3v) is 2.68. The molecule has 0 bridgehead atoms. The molecule has 0 N–H and O–H groups in total. The van der Waals surface area contributed by atoms with E-state index in [0.29, 0.717) is 18.0 Å². The number of aromatic nitrogens is 2. The number of imidazole rings is 1. The average molecular weight is 232 g/mol. The zero-order valence-electron chi connectivity index (χ0n) is 10.6. The Morgan fingerprint density at radius 1 is 1.41 bits per heavy atom. The number of rotatable bonds is 2. The maximum absolute atomic E-state index is 11.9. The first-order valence-electron chi connectivity index (χ1n) is 5.67. The van der Waals surface area contributed by atoms with Gasteiger partial charge in [0.25, 0.3) is 0 Å². The van der Waals surface area contributed by atoms with E-state index in [2.05, 4.69) is 11.1 Å². The van der Waals surface area contributed by atoms with Crippen LogP contribution in [0.15, 0.2) is 12.3 Å². The Bertz CT molecular complexity index is 585. The molecule has 0 fully saturated rings. The van der Waals surface area contributed by atoms with Gasteiger partial charge in [-0.3, -0.25) is 4.40 Å². The fourth-order valence-corrected chi connectivity index (χ4v) is 2.04. The lowest BCUT2D eigenvalue weighted by molar-refractivity contribution is 0.0517. The number of pyridine rings is 1. The van der Waals surface area contributed by atoms with E-state index in [-0.39, 0.29) is 5.97 Å². The van der Waals surface area contributed by atoms with Crippen molar-refractivity contribution in [3.63, 3.8) is 0 Å². The van der Waals surface area contributed by atoms with Crippen LogP contribution >= 0.6 is 0 Å². The van der Waals surface area contributed by atoms with E-state index in [1.165, 1.54) is 0 Å². The SMILES string of the molecule is CCOC(=O)c1c(C)nc2c(C)cc(C)cn12. The van der Waals surface area contributed by atoms with Gasteiger partial charge in [0.05, 0.1) is 12.3 Å². The predicted molar refractivity (Wildman–Crippen MR) is 65.4 cm³/mol. The zero-order chi connectivity index (χ0) is 12.6. The van der Waals surface area contributed by atoms with Crippen molar-refractivity contribution in [1.29, 1.82) is 0 Å². The van der Waals surface area contributed by atoms with E-state index in [1.807, 2.05) is 31.4 Å². The van der Waals surface area contributed by atoms with Gasteiger partial charge >= 0.3 is 5.97 Å². The van der Waals surface area contributed by atoms with Crippen molar-refractivity contribution in [2.75, 3.05) is 6.61 Å². The lowest BCUT2D eigenvalue weighted by Gasteiger charge is -2.05. The highest BCUT2D eigenvalue weighted by atomic mass is 16.5. The molecule has 0 amide bonds. The Morgan fingerprint density at radius 2 is 2.12 bits per heavy atom. The minimum absolute atomic E-state index is 0.317. The van der Waals surface area contributed by atoms with Crippen molar-refractivity contribution in [2.45, 2.75) is 27.7 Å². The molecular formula is C13H16N2O2. The van der Waals surface area contributed by atoms with Crippen LogP contribution in [-0.4, -0.2) is 22.0 Å². The summed E-state index contributed by atoms with van der Waals surface area (Å²) in [7, 11) is 0. The molecule has 2 aromatic heterocycles. The number of esters is 1. The molecule has 0 radical (unpaired) electrons. The van der Waals surface area contributed by atoms with E-state index in [0.717, 1.165) is 16.8 Å². The van der Waals surface area contributed by atoms with Crippen LogP contribution in [-0.2, 0) is 4.74 Å². The van der Waals surface area contributed by atoms with E-state index >= 15 is 0 Å². The summed E-state index contributed by atoms with van der Waals surface area (Å²) >= 11 is 0. The van der Waals surface area contributed by atoms with Crippen LogP contribution in [0, 0.1) is 20.8 Å². The number of fused-ring (bicyclic) bond motifs is 1. The van der Waals surface area contributed by atoms with Crippen molar-refractivity contribution in [3.8, 4) is 0 Å². The summed E-state index contributed by atoms with van der Waals surface area (Å²) in [4.78, 5) is 16.3. The first kappa shape index (κ1) is 11.6. The van der Waals surface area contributed by atoms with Gasteiger partial charge < -0.3 is 4.74 Å². The number of hydrogen-bond acceptors (Lipinski definition) is 3. The van der Waals surface area contributed by atoms with Gasteiger partial charge in [0.2, 0.25) is 0 Å². The zero-order valence-corrected chi connectivity index (χ0v) is 10.6. The molecule has 0 unspecified atom stereocenters. The third kappa shape index (κ3) is 1.90. The quantitative estimate of drug-likeness (QED) is 0.747. The van der Waals surface area contributed by atoms with Gasteiger partial charge in [0.1, 0.15) is 5.65 Å². The minimum Gasteiger partial charge on any atom is -0.461 e. The van der Waals surface area contributed by atoms with Gasteiger partial charge in [-0.1, -0.05) is 6.07 Å². The molecule has 0 saturated heterocycles. The molecular weight excluding hydrogens is 216 g/mol. The summed E-state index contributed by atoms with van der Waals surface area (Å²) in [5, 5.41) is 0. The lowest BCUT2D eigenvalue weighted by Crippen LogP contribution is -2.09. The normalized spacial score (nSPS) is 10.8. The van der Waals surface area contributed by atoms with Crippen molar-refractivity contribution >= 4 is 11.6 Å². The number of ether oxygens (including phenoxy) is 1. The Balaban J connectivity index is 2.70. The summed E-state index contributed by atoms with van der Waals surface area (Å²) in [6.07, 6.45) is 1.91. The second kappa shape index (κ2) is 4.20. The Hall–Kier alpha value is -1.84. The predicted octanol–water partition coefficient (Wildman–Crippen LogP) is 2.44. The lowest BCUT2D eigenvalue weighted by atomic mass is 10.2. The molecule has 0 atom stereocenters. The fraction of sp³-hybridized carbons (Fsp3) is 0.385. The van der Waals surface area contributed by atoms with E-state index in [1.54, 1.807) is 6.92 Å². The van der Waals surface area contributed by atoms with Crippen LogP contribution in [0.1, 0.15) is 34.2 Å². The number of carbonyl (C=O) groups excluding carboxylic acids is 1. The highest BCUT2D eigenvalue weighted by Crippen LogP contribution is 2.17. The Morgan fingerprint density at radius 3 is 2.76 bits per heavy atom. The van der Waals surface area contributed by atoms with Crippen molar-refractivity contribution in [3.05, 3.63) is 34.8 Å². The maximum atomic E-state index is 11.9. The van der Waals surface area contributed by atoms with Crippen LogP contribution in [0.2, 0.25) is 0 Å². The summed E-state index contributed by atoms with van der Waals surface area (Å²) in [6, 6.07) is 2.05. The van der Waals surface area contributed by atoms with Crippen LogP contribution in [0.5, 0.6) is 0 Å². The van der Waals surface area contributed by atoms with Crippen molar-refractivity contribution < 1.29 is 9.53 Å². The van der Waals surface area contributed by atoms with Crippen LogP contribution in [0.4, 0.5) is 0 Å². The Kier molecular flexibility index (Phi) is 2.88. The highest BCUT2D eigenvalue weighted by molar-refractivity contribution is 5.90. The molecule has 2 aromatic rings. The summed E-state index contributed by atoms with van der Waals surface area (Å²) in [5.41, 5.74) is 4.20. The van der Waals surface area contributed by atoms with Gasteiger partial charge in [-0.15, -0.1) is 0 Å². The second-order valence-corrected chi connectivity index (χ2v) is 4.16. The molecule has 0 saturated carbocycles. The molecule has 2 rings (SSSR count).